The fourth-order valence-corrected chi connectivity index (χ4v) is 2.41. The summed E-state index contributed by atoms with van der Waals surface area (Å²) in [4.78, 5) is 4.22. The van der Waals surface area contributed by atoms with Crippen LogP contribution in [0.5, 0.6) is 5.75 Å². The van der Waals surface area contributed by atoms with E-state index in [9.17, 15) is 0 Å². The largest absolute Gasteiger partial charge is 0.496 e. The van der Waals surface area contributed by atoms with Crippen LogP contribution >= 0.6 is 11.8 Å². The summed E-state index contributed by atoms with van der Waals surface area (Å²) in [7, 11) is 1.54. The summed E-state index contributed by atoms with van der Waals surface area (Å²) in [6.07, 6.45) is 0. The highest BCUT2D eigenvalue weighted by atomic mass is 32.2. The quantitative estimate of drug-likeness (QED) is 0.253. The predicted octanol–water partition coefficient (Wildman–Crippen LogP) is 1.51. The molecule has 0 saturated carbocycles. The third-order valence-corrected chi connectivity index (χ3v) is 3.51. The SMILES string of the molecule is COc1cc(CSc2n[nH]c(C)n2)ccc1/C(N)=N/O. The number of oxime groups is 1. The number of nitrogens with zero attached hydrogens (tertiary/aromatic N) is 3. The van der Waals surface area contributed by atoms with Crippen LogP contribution in [0.2, 0.25) is 0 Å². The van der Waals surface area contributed by atoms with Crippen molar-refractivity contribution in [3.63, 3.8) is 0 Å². The lowest BCUT2D eigenvalue weighted by Crippen LogP contribution is -2.14. The van der Waals surface area contributed by atoms with Crippen LogP contribution in [0, 0.1) is 6.92 Å². The number of hydrogen-bond acceptors (Lipinski definition) is 6. The summed E-state index contributed by atoms with van der Waals surface area (Å²) in [5.41, 5.74) is 7.16. The van der Waals surface area contributed by atoms with Gasteiger partial charge in [-0.25, -0.2) is 4.98 Å². The van der Waals surface area contributed by atoms with E-state index < -0.39 is 0 Å². The number of methoxy groups -OCH3 is 1. The Bertz CT molecular complexity index is 626. The molecule has 4 N–H and O–H groups in total. The van der Waals surface area contributed by atoms with Crippen molar-refractivity contribution in [2.75, 3.05) is 7.11 Å². The first-order chi connectivity index (χ1) is 9.63. The number of ether oxygens (including phenoxy) is 1. The van der Waals surface area contributed by atoms with Crippen LogP contribution in [0.25, 0.3) is 0 Å². The first-order valence-corrected chi connectivity index (χ1v) is 6.79. The molecule has 0 fully saturated rings. The van der Waals surface area contributed by atoms with Crippen molar-refractivity contribution in [1.29, 1.82) is 0 Å². The van der Waals surface area contributed by atoms with Gasteiger partial charge in [0.1, 0.15) is 11.6 Å². The lowest BCUT2D eigenvalue weighted by molar-refractivity contribution is 0.318. The molecule has 0 unspecified atom stereocenters. The number of aromatic nitrogens is 3. The Hall–Kier alpha value is -2.22. The number of nitrogens with two attached hydrogens (primary N) is 1. The number of aromatic amines is 1. The standard InChI is InChI=1S/C12H15N5O2S/c1-7-14-12(16-15-7)20-6-8-3-4-9(11(13)17-18)10(5-8)19-2/h3-5,18H,6H2,1-2H3,(H2,13,17)(H,14,15,16). The Morgan fingerprint density at radius 2 is 2.35 bits per heavy atom. The highest BCUT2D eigenvalue weighted by molar-refractivity contribution is 7.98. The fourth-order valence-electron chi connectivity index (χ4n) is 1.63. The summed E-state index contributed by atoms with van der Waals surface area (Å²) in [6, 6.07) is 5.50. The zero-order chi connectivity index (χ0) is 14.5. The Balaban J connectivity index is 2.13. The molecular weight excluding hydrogens is 278 g/mol. The van der Waals surface area contributed by atoms with Gasteiger partial charge in [-0.05, 0) is 24.6 Å². The highest BCUT2D eigenvalue weighted by Crippen LogP contribution is 2.25. The lowest BCUT2D eigenvalue weighted by atomic mass is 10.1. The molecule has 0 saturated heterocycles. The molecule has 0 atom stereocenters. The highest BCUT2D eigenvalue weighted by Gasteiger charge is 2.09. The molecule has 0 bridgehead atoms. The summed E-state index contributed by atoms with van der Waals surface area (Å²) in [6.45, 7) is 1.85. The first-order valence-electron chi connectivity index (χ1n) is 5.80. The third kappa shape index (κ3) is 3.21. The lowest BCUT2D eigenvalue weighted by Gasteiger charge is -2.09. The van der Waals surface area contributed by atoms with Crippen molar-refractivity contribution in [2.45, 2.75) is 17.8 Å². The van der Waals surface area contributed by atoms with Crippen LogP contribution in [-0.2, 0) is 5.75 Å². The monoisotopic (exact) mass is 293 g/mol. The predicted molar refractivity (Wildman–Crippen MR) is 76.2 cm³/mol. The van der Waals surface area contributed by atoms with Crippen LogP contribution in [0.3, 0.4) is 0 Å². The van der Waals surface area contributed by atoms with Crippen molar-refractivity contribution in [3.8, 4) is 5.75 Å². The molecule has 1 aromatic heterocycles. The summed E-state index contributed by atoms with van der Waals surface area (Å²) >= 11 is 1.51. The fraction of sp³-hybridized carbons (Fsp3) is 0.250. The molecular formula is C12H15N5O2S. The average molecular weight is 293 g/mol. The summed E-state index contributed by atoms with van der Waals surface area (Å²) in [5.74, 6) is 2.06. The van der Waals surface area contributed by atoms with Gasteiger partial charge < -0.3 is 15.7 Å². The first kappa shape index (κ1) is 14.2. The maximum Gasteiger partial charge on any atom is 0.208 e. The number of hydrogen-bond donors (Lipinski definition) is 3. The van der Waals surface area contributed by atoms with Gasteiger partial charge in [-0.15, -0.1) is 5.10 Å². The number of benzene rings is 1. The van der Waals surface area contributed by atoms with E-state index in [2.05, 4.69) is 20.3 Å². The summed E-state index contributed by atoms with van der Waals surface area (Å²) in [5, 5.41) is 19.2. The third-order valence-electron chi connectivity index (χ3n) is 2.59. The zero-order valence-corrected chi connectivity index (χ0v) is 11.9. The van der Waals surface area contributed by atoms with E-state index >= 15 is 0 Å². The average Bonchev–Trinajstić information content (AvgIpc) is 2.89. The number of rotatable bonds is 5. The molecule has 2 aromatic rings. The van der Waals surface area contributed by atoms with Gasteiger partial charge in [0.15, 0.2) is 5.84 Å². The molecule has 1 heterocycles. The molecule has 0 spiro atoms. The maximum atomic E-state index is 8.72. The number of nitrogens with one attached hydrogen (secondary N) is 1. The van der Waals surface area contributed by atoms with Gasteiger partial charge >= 0.3 is 0 Å². The van der Waals surface area contributed by atoms with Crippen LogP contribution < -0.4 is 10.5 Å². The topological polar surface area (TPSA) is 109 Å². The van der Waals surface area contributed by atoms with E-state index in [1.165, 1.54) is 11.8 Å². The van der Waals surface area contributed by atoms with Gasteiger partial charge in [-0.1, -0.05) is 23.0 Å². The minimum absolute atomic E-state index is 0.0191. The molecule has 0 aliphatic heterocycles. The normalized spacial score (nSPS) is 11.6. The molecule has 0 radical (unpaired) electrons. The van der Waals surface area contributed by atoms with E-state index in [0.717, 1.165) is 11.4 Å². The van der Waals surface area contributed by atoms with Crippen molar-refractivity contribution in [1.82, 2.24) is 15.2 Å². The number of aryl methyl sites for hydroxylation is 1. The summed E-state index contributed by atoms with van der Waals surface area (Å²) < 4.78 is 5.25. The Morgan fingerprint density at radius 1 is 1.55 bits per heavy atom. The molecule has 8 heteroatoms. The van der Waals surface area contributed by atoms with Crippen molar-refractivity contribution < 1.29 is 9.94 Å². The molecule has 0 aliphatic carbocycles. The van der Waals surface area contributed by atoms with E-state index in [-0.39, 0.29) is 5.84 Å². The zero-order valence-electron chi connectivity index (χ0n) is 11.1. The smallest absolute Gasteiger partial charge is 0.208 e. The minimum atomic E-state index is 0.0191. The second-order valence-corrected chi connectivity index (χ2v) is 4.95. The van der Waals surface area contributed by atoms with E-state index in [4.69, 9.17) is 15.7 Å². The van der Waals surface area contributed by atoms with Gasteiger partial charge in [0.25, 0.3) is 0 Å². The number of thioether (sulfide) groups is 1. The van der Waals surface area contributed by atoms with Crippen molar-refractivity contribution >= 4 is 17.6 Å². The van der Waals surface area contributed by atoms with Gasteiger partial charge in [0.05, 0.1) is 12.7 Å². The van der Waals surface area contributed by atoms with Gasteiger partial charge in [0, 0.05) is 5.75 Å². The molecule has 1 aromatic carbocycles. The molecule has 106 valence electrons. The molecule has 20 heavy (non-hydrogen) atoms. The molecule has 0 amide bonds. The second-order valence-electron chi connectivity index (χ2n) is 4.01. The molecule has 0 aliphatic rings. The Labute approximate surface area is 120 Å². The minimum Gasteiger partial charge on any atom is -0.496 e. The second kappa shape index (κ2) is 6.29. The van der Waals surface area contributed by atoms with E-state index in [1.807, 2.05) is 19.1 Å². The van der Waals surface area contributed by atoms with Gasteiger partial charge in [-0.2, -0.15) is 0 Å². The van der Waals surface area contributed by atoms with E-state index in [0.29, 0.717) is 22.2 Å². The number of amidine groups is 1. The molecule has 2 rings (SSSR count). The van der Waals surface area contributed by atoms with E-state index in [1.54, 1.807) is 13.2 Å². The van der Waals surface area contributed by atoms with Crippen LogP contribution in [-0.4, -0.2) is 33.3 Å². The van der Waals surface area contributed by atoms with Gasteiger partial charge in [-0.3, -0.25) is 5.10 Å². The maximum absolute atomic E-state index is 8.72. The van der Waals surface area contributed by atoms with Crippen LogP contribution in [0.4, 0.5) is 0 Å². The van der Waals surface area contributed by atoms with Crippen molar-refractivity contribution in [3.05, 3.63) is 35.2 Å². The Kier molecular flexibility index (Phi) is 4.46. The van der Waals surface area contributed by atoms with Crippen LogP contribution in [0.15, 0.2) is 28.5 Å². The van der Waals surface area contributed by atoms with Crippen molar-refractivity contribution in [2.24, 2.45) is 10.9 Å². The number of H-pyrrole nitrogens is 1. The van der Waals surface area contributed by atoms with Crippen LogP contribution in [0.1, 0.15) is 17.0 Å². The molecule has 7 nitrogen and oxygen atoms in total. The Morgan fingerprint density at radius 3 is 2.95 bits per heavy atom. The van der Waals surface area contributed by atoms with Gasteiger partial charge in [0.2, 0.25) is 5.16 Å².